The first-order chi connectivity index (χ1) is 27.4. The van der Waals surface area contributed by atoms with Crippen molar-refractivity contribution < 1.29 is 0 Å². The number of hydrogen-bond acceptors (Lipinski definition) is 4. The summed E-state index contributed by atoms with van der Waals surface area (Å²) in [5.41, 5.74) is 8.84. The molecule has 0 saturated carbocycles. The maximum Gasteiger partial charge on any atom is 0.102 e. The molecule has 0 atom stereocenters. The van der Waals surface area contributed by atoms with Crippen LogP contribution >= 0.6 is 22.7 Å². The summed E-state index contributed by atoms with van der Waals surface area (Å²) in [6.45, 7) is 8.63. The van der Waals surface area contributed by atoms with E-state index < -0.39 is 0 Å². The first-order valence-corrected chi connectivity index (χ1v) is 20.8. The van der Waals surface area contributed by atoms with Crippen LogP contribution < -0.4 is 0 Å². The van der Waals surface area contributed by atoms with Gasteiger partial charge < -0.3 is 9.13 Å². The third-order valence-electron chi connectivity index (χ3n) is 11.7. The number of nitriles is 2. The molecule has 0 aliphatic carbocycles. The predicted octanol–water partition coefficient (Wildman–Crippen LogP) is 14.6. The Morgan fingerprint density at radius 2 is 0.821 bits per heavy atom. The highest BCUT2D eigenvalue weighted by Crippen LogP contribution is 2.50. The lowest BCUT2D eigenvalue weighted by molar-refractivity contribution is 0.815. The van der Waals surface area contributed by atoms with Gasteiger partial charge in [0.05, 0.1) is 44.6 Å². The molecule has 0 unspecified atom stereocenters. The van der Waals surface area contributed by atoms with Gasteiger partial charge in [0.15, 0.2) is 0 Å². The lowest BCUT2D eigenvalue weighted by Gasteiger charge is -2.27. The highest BCUT2D eigenvalue weighted by atomic mass is 32.1. The van der Waals surface area contributed by atoms with Crippen LogP contribution in [0.5, 0.6) is 0 Å². The molecule has 0 aliphatic heterocycles. The van der Waals surface area contributed by atoms with Gasteiger partial charge in [-0.25, -0.2) is 0 Å². The number of aromatic nitrogens is 2. The lowest BCUT2D eigenvalue weighted by Crippen LogP contribution is -2.16. The maximum atomic E-state index is 11.4. The summed E-state index contributed by atoms with van der Waals surface area (Å²) >= 11 is 3.66. The van der Waals surface area contributed by atoms with E-state index >= 15 is 0 Å². The van der Waals surface area contributed by atoms with Gasteiger partial charge >= 0.3 is 0 Å². The second-order valence-corrected chi connectivity index (χ2v) is 17.5. The van der Waals surface area contributed by atoms with Crippen molar-refractivity contribution in [1.29, 1.82) is 10.5 Å². The number of rotatable bonds is 4. The van der Waals surface area contributed by atoms with Crippen LogP contribution in [0.3, 0.4) is 0 Å². The largest absolute Gasteiger partial charge is 0.307 e. The topological polar surface area (TPSA) is 57.4 Å². The monoisotopic (exact) mass is 754 g/mol. The van der Waals surface area contributed by atoms with Crippen molar-refractivity contribution >= 4 is 107 Å². The zero-order valence-electron chi connectivity index (χ0n) is 31.3. The van der Waals surface area contributed by atoms with E-state index in [1.165, 1.54) is 51.1 Å². The number of fused-ring (bicyclic) bond motifs is 14. The Morgan fingerprint density at radius 1 is 0.429 bits per heavy atom. The number of benzene rings is 7. The van der Waals surface area contributed by atoms with Gasteiger partial charge in [0.25, 0.3) is 0 Å². The van der Waals surface area contributed by atoms with Crippen LogP contribution in [-0.4, -0.2) is 9.13 Å². The fourth-order valence-corrected chi connectivity index (χ4v) is 12.0. The standard InChI is InChI=1S/C50H34N4S2/c1-27(2)43-35(25-51)47(53-37-17-9-5-15-33(37)45-39(53)23-21-31-29-13-7-11-19-41(29)55-49(31)45)44(28(3)4)48(36(43)26-52)54-38-18-10-6-16-34(38)46-40(54)24-22-32-30-14-8-12-20-42(30)56-50(32)46/h5-24,27-28H,1-4H3. The molecule has 0 amide bonds. The molecule has 0 radical (unpaired) electrons. The molecule has 56 heavy (non-hydrogen) atoms. The normalized spacial score (nSPS) is 12.2. The Hall–Kier alpha value is -6.44. The first-order valence-electron chi connectivity index (χ1n) is 19.1. The quantitative estimate of drug-likeness (QED) is 0.180. The summed E-state index contributed by atoms with van der Waals surface area (Å²) in [4.78, 5) is 0. The minimum atomic E-state index is -0.0946. The number of hydrogen-bond donors (Lipinski definition) is 0. The summed E-state index contributed by atoms with van der Waals surface area (Å²) in [6.07, 6.45) is 0. The minimum absolute atomic E-state index is 0.0473. The Balaban J connectivity index is 1.37. The van der Waals surface area contributed by atoms with Gasteiger partial charge in [-0.2, -0.15) is 10.5 Å². The van der Waals surface area contributed by atoms with Crippen LogP contribution in [0.15, 0.2) is 121 Å². The summed E-state index contributed by atoms with van der Waals surface area (Å²) in [7, 11) is 0. The summed E-state index contributed by atoms with van der Waals surface area (Å²) in [6, 6.07) is 48.9. The van der Waals surface area contributed by atoms with Gasteiger partial charge in [-0.15, -0.1) is 22.7 Å². The molecule has 4 nitrogen and oxygen atoms in total. The molecule has 11 rings (SSSR count). The van der Waals surface area contributed by atoms with E-state index in [1.54, 1.807) is 0 Å². The molecule has 0 aliphatic rings. The molecule has 0 spiro atoms. The average molecular weight is 755 g/mol. The molecular weight excluding hydrogens is 721 g/mol. The van der Waals surface area contributed by atoms with E-state index in [9.17, 15) is 10.5 Å². The SMILES string of the molecule is CC(C)c1c(C#N)c(-n2c3ccccc3c3c4sc5ccccc5c4ccc32)c(C(C)C)c(-n2c3ccccc3c3c4sc5ccccc5c4ccc32)c1C#N. The molecule has 11 aromatic rings. The van der Waals surface area contributed by atoms with E-state index in [2.05, 4.69) is 170 Å². The van der Waals surface area contributed by atoms with Crippen LogP contribution in [0.25, 0.3) is 95.3 Å². The van der Waals surface area contributed by atoms with Crippen LogP contribution in [0, 0.1) is 22.7 Å². The highest BCUT2D eigenvalue weighted by molar-refractivity contribution is 7.27. The summed E-state index contributed by atoms with van der Waals surface area (Å²) in [5.74, 6) is -0.142. The van der Waals surface area contributed by atoms with Crippen molar-refractivity contribution in [2.75, 3.05) is 0 Å². The van der Waals surface area contributed by atoms with Crippen molar-refractivity contribution in [3.05, 3.63) is 144 Å². The average Bonchev–Trinajstić information content (AvgIpc) is 3.97. The van der Waals surface area contributed by atoms with Crippen LogP contribution in [-0.2, 0) is 0 Å². The van der Waals surface area contributed by atoms with Crippen LogP contribution in [0.1, 0.15) is 61.8 Å². The number of para-hydroxylation sites is 2. The Bertz CT molecular complexity index is 3350. The van der Waals surface area contributed by atoms with E-state index in [4.69, 9.17) is 0 Å². The molecule has 6 heteroatoms. The van der Waals surface area contributed by atoms with Crippen LogP contribution in [0.4, 0.5) is 0 Å². The second-order valence-electron chi connectivity index (χ2n) is 15.4. The highest BCUT2D eigenvalue weighted by Gasteiger charge is 2.32. The van der Waals surface area contributed by atoms with Crippen molar-refractivity contribution in [3.63, 3.8) is 0 Å². The van der Waals surface area contributed by atoms with Gasteiger partial charge in [0.2, 0.25) is 0 Å². The van der Waals surface area contributed by atoms with Crippen molar-refractivity contribution in [3.8, 4) is 23.5 Å². The fraction of sp³-hybridized carbons (Fsp3) is 0.120. The lowest BCUT2D eigenvalue weighted by atomic mass is 9.84. The molecule has 4 aromatic heterocycles. The maximum absolute atomic E-state index is 11.4. The zero-order valence-corrected chi connectivity index (χ0v) is 32.9. The summed E-state index contributed by atoms with van der Waals surface area (Å²) in [5, 5.41) is 32.4. The Labute approximate surface area is 331 Å². The van der Waals surface area contributed by atoms with Crippen LogP contribution in [0.2, 0.25) is 0 Å². The Morgan fingerprint density at radius 3 is 1.23 bits per heavy atom. The Kier molecular flexibility index (Phi) is 7.08. The third-order valence-corrected chi connectivity index (χ3v) is 14.1. The van der Waals surface area contributed by atoms with Gasteiger partial charge in [-0.1, -0.05) is 113 Å². The number of thiophene rings is 2. The van der Waals surface area contributed by atoms with Gasteiger partial charge in [-0.05, 0) is 53.8 Å². The van der Waals surface area contributed by atoms with Gasteiger partial charge in [0, 0.05) is 67.5 Å². The molecule has 7 aromatic carbocycles. The molecule has 4 heterocycles. The second kappa shape index (κ2) is 12.0. The smallest absolute Gasteiger partial charge is 0.102 e. The van der Waals surface area contributed by atoms with Gasteiger partial charge in [0.1, 0.15) is 12.1 Å². The van der Waals surface area contributed by atoms with Crippen molar-refractivity contribution in [1.82, 2.24) is 9.13 Å². The van der Waals surface area contributed by atoms with Crippen molar-refractivity contribution in [2.24, 2.45) is 0 Å². The van der Waals surface area contributed by atoms with Gasteiger partial charge in [-0.3, -0.25) is 0 Å². The zero-order chi connectivity index (χ0) is 38.0. The predicted molar refractivity (Wildman–Crippen MR) is 239 cm³/mol. The molecule has 0 N–H and O–H groups in total. The molecule has 0 bridgehead atoms. The first kappa shape index (κ1) is 32.9. The fourth-order valence-electron chi connectivity index (χ4n) is 9.53. The van der Waals surface area contributed by atoms with E-state index in [0.29, 0.717) is 11.1 Å². The van der Waals surface area contributed by atoms with E-state index in [0.717, 1.165) is 55.3 Å². The molecule has 266 valence electrons. The van der Waals surface area contributed by atoms with Crippen molar-refractivity contribution in [2.45, 2.75) is 39.5 Å². The number of nitrogens with zero attached hydrogens (tertiary/aromatic N) is 4. The molecule has 0 saturated heterocycles. The minimum Gasteiger partial charge on any atom is -0.307 e. The van der Waals surface area contributed by atoms with E-state index in [-0.39, 0.29) is 11.8 Å². The third kappa shape index (κ3) is 4.26. The summed E-state index contributed by atoms with van der Waals surface area (Å²) < 4.78 is 9.70. The molecular formula is C50H34N4S2. The molecule has 0 fully saturated rings. The van der Waals surface area contributed by atoms with E-state index in [1.807, 2.05) is 22.7 Å².